The number of unbranched alkanes of at least 4 members (excludes halogenated alkanes) is 1. The fraction of sp³-hybridized carbons (Fsp3) is 0.727. The van der Waals surface area contributed by atoms with E-state index in [0.717, 1.165) is 38.7 Å². The first-order valence-electron chi connectivity index (χ1n) is 5.88. The number of hydrogen-bond acceptors (Lipinski definition) is 3. The van der Waals surface area contributed by atoms with Crippen molar-refractivity contribution in [2.45, 2.75) is 26.3 Å². The molecule has 0 atom stereocenters. The Morgan fingerprint density at radius 1 is 1.40 bits per heavy atom. The number of piperazine rings is 1. The molecule has 0 radical (unpaired) electrons. The second kappa shape index (κ2) is 5.16. The lowest BCUT2D eigenvalue weighted by Crippen LogP contribution is -2.44. The summed E-state index contributed by atoms with van der Waals surface area (Å²) in [5, 5.41) is 3.36. The first-order chi connectivity index (χ1) is 7.42. The molecule has 1 aromatic heterocycles. The van der Waals surface area contributed by atoms with E-state index in [0.29, 0.717) is 0 Å². The third kappa shape index (κ3) is 2.50. The highest BCUT2D eigenvalue weighted by molar-refractivity contribution is 5.32. The smallest absolute Gasteiger partial charge is 0.205 e. The monoisotopic (exact) mass is 208 g/mol. The predicted octanol–water partition coefficient (Wildman–Crippen LogP) is 1.09. The van der Waals surface area contributed by atoms with Gasteiger partial charge in [-0.25, -0.2) is 4.98 Å². The van der Waals surface area contributed by atoms with Crippen molar-refractivity contribution < 1.29 is 0 Å². The largest absolute Gasteiger partial charge is 0.340 e. The molecule has 1 N–H and O–H groups in total. The summed E-state index contributed by atoms with van der Waals surface area (Å²) in [5.74, 6) is 1.14. The molecule has 0 saturated carbocycles. The Hall–Kier alpha value is -1.03. The van der Waals surface area contributed by atoms with Gasteiger partial charge in [0.15, 0.2) is 0 Å². The zero-order valence-electron chi connectivity index (χ0n) is 9.45. The van der Waals surface area contributed by atoms with Crippen molar-refractivity contribution in [3.63, 3.8) is 0 Å². The van der Waals surface area contributed by atoms with Crippen LogP contribution in [0.4, 0.5) is 5.95 Å². The predicted molar refractivity (Wildman–Crippen MR) is 62.2 cm³/mol. The van der Waals surface area contributed by atoms with Crippen molar-refractivity contribution in [2.24, 2.45) is 0 Å². The lowest BCUT2D eigenvalue weighted by molar-refractivity contribution is 0.555. The maximum atomic E-state index is 4.45. The number of aryl methyl sites for hydroxylation is 1. The summed E-state index contributed by atoms with van der Waals surface area (Å²) in [4.78, 5) is 6.82. The van der Waals surface area contributed by atoms with Gasteiger partial charge in [-0.1, -0.05) is 13.3 Å². The van der Waals surface area contributed by atoms with Crippen molar-refractivity contribution in [1.82, 2.24) is 14.9 Å². The van der Waals surface area contributed by atoms with Crippen LogP contribution in [0.5, 0.6) is 0 Å². The van der Waals surface area contributed by atoms with Gasteiger partial charge in [0.25, 0.3) is 0 Å². The van der Waals surface area contributed by atoms with E-state index in [9.17, 15) is 0 Å². The van der Waals surface area contributed by atoms with Crippen LogP contribution in [-0.2, 0) is 6.54 Å². The molecule has 0 bridgehead atoms. The molecular weight excluding hydrogens is 188 g/mol. The topological polar surface area (TPSA) is 33.1 Å². The number of anilines is 1. The first kappa shape index (κ1) is 10.5. The number of nitrogens with zero attached hydrogens (tertiary/aromatic N) is 3. The highest BCUT2D eigenvalue weighted by Gasteiger charge is 2.14. The van der Waals surface area contributed by atoms with E-state index in [4.69, 9.17) is 0 Å². The van der Waals surface area contributed by atoms with Crippen LogP contribution in [0.25, 0.3) is 0 Å². The molecule has 1 aromatic rings. The standard InChI is InChI=1S/C11H20N4/c1-2-3-7-14-10-6-13-11(14)15-8-4-12-5-9-15/h6,10,12H,2-5,7-9H2,1H3. The molecule has 84 valence electrons. The van der Waals surface area contributed by atoms with Crippen LogP contribution >= 0.6 is 0 Å². The highest BCUT2D eigenvalue weighted by atomic mass is 15.3. The van der Waals surface area contributed by atoms with E-state index < -0.39 is 0 Å². The number of imidazole rings is 1. The lowest BCUT2D eigenvalue weighted by Gasteiger charge is -2.28. The number of nitrogens with one attached hydrogen (secondary N) is 1. The van der Waals surface area contributed by atoms with E-state index in [1.807, 2.05) is 6.20 Å². The molecule has 1 aliphatic rings. The summed E-state index contributed by atoms with van der Waals surface area (Å²) >= 11 is 0. The van der Waals surface area contributed by atoms with Crippen molar-refractivity contribution in [2.75, 3.05) is 31.1 Å². The van der Waals surface area contributed by atoms with Crippen molar-refractivity contribution in [3.8, 4) is 0 Å². The highest BCUT2D eigenvalue weighted by Crippen LogP contribution is 2.13. The fourth-order valence-electron chi connectivity index (χ4n) is 1.95. The summed E-state index contributed by atoms with van der Waals surface area (Å²) in [6.45, 7) is 7.60. The summed E-state index contributed by atoms with van der Waals surface area (Å²) < 4.78 is 2.27. The Labute approximate surface area is 91.3 Å². The third-order valence-electron chi connectivity index (χ3n) is 2.85. The van der Waals surface area contributed by atoms with Crippen LogP contribution in [-0.4, -0.2) is 35.7 Å². The summed E-state index contributed by atoms with van der Waals surface area (Å²) in [7, 11) is 0. The first-order valence-corrected chi connectivity index (χ1v) is 5.88. The third-order valence-corrected chi connectivity index (χ3v) is 2.85. The number of hydrogen-bond donors (Lipinski definition) is 1. The maximum Gasteiger partial charge on any atom is 0.205 e. The molecular formula is C11H20N4. The maximum absolute atomic E-state index is 4.45. The van der Waals surface area contributed by atoms with E-state index in [1.54, 1.807) is 0 Å². The second-order valence-electron chi connectivity index (χ2n) is 4.01. The Morgan fingerprint density at radius 2 is 2.20 bits per heavy atom. The van der Waals surface area contributed by atoms with Gasteiger partial charge in [0.1, 0.15) is 0 Å². The Balaban J connectivity index is 2.02. The molecule has 0 aliphatic carbocycles. The SMILES string of the molecule is CCCCn1ccnc1N1CCNCC1. The molecule has 1 saturated heterocycles. The van der Waals surface area contributed by atoms with E-state index in [2.05, 4.69) is 32.9 Å². The van der Waals surface area contributed by atoms with Gasteiger partial charge in [0.05, 0.1) is 0 Å². The molecule has 1 aliphatic heterocycles. The van der Waals surface area contributed by atoms with Crippen LogP contribution in [0.1, 0.15) is 19.8 Å². The average Bonchev–Trinajstić information content (AvgIpc) is 2.75. The minimum Gasteiger partial charge on any atom is -0.340 e. The van der Waals surface area contributed by atoms with Crippen LogP contribution in [0.3, 0.4) is 0 Å². The average molecular weight is 208 g/mol. The molecule has 1 fully saturated rings. The Morgan fingerprint density at radius 3 is 2.93 bits per heavy atom. The van der Waals surface area contributed by atoms with Gasteiger partial charge in [-0.3, -0.25) is 0 Å². The molecule has 0 aromatic carbocycles. The Bertz CT molecular complexity index is 289. The van der Waals surface area contributed by atoms with E-state index in [-0.39, 0.29) is 0 Å². The minimum absolute atomic E-state index is 1.07. The fourth-order valence-corrected chi connectivity index (χ4v) is 1.95. The molecule has 4 heteroatoms. The normalized spacial score (nSPS) is 17.0. The number of aromatic nitrogens is 2. The van der Waals surface area contributed by atoms with Crippen LogP contribution in [0.15, 0.2) is 12.4 Å². The molecule has 0 amide bonds. The summed E-state index contributed by atoms with van der Waals surface area (Å²) in [6, 6.07) is 0. The zero-order chi connectivity index (χ0) is 10.5. The lowest BCUT2D eigenvalue weighted by atomic mass is 10.3. The second-order valence-corrected chi connectivity index (χ2v) is 4.01. The van der Waals surface area contributed by atoms with Gasteiger partial charge in [-0.2, -0.15) is 0 Å². The number of rotatable bonds is 4. The molecule has 4 nitrogen and oxygen atoms in total. The quantitative estimate of drug-likeness (QED) is 0.804. The van der Waals surface area contributed by atoms with E-state index in [1.165, 1.54) is 12.8 Å². The molecule has 2 rings (SSSR count). The van der Waals surface area contributed by atoms with Gasteiger partial charge >= 0.3 is 0 Å². The van der Waals surface area contributed by atoms with Gasteiger partial charge in [0, 0.05) is 45.1 Å². The van der Waals surface area contributed by atoms with Gasteiger partial charge in [-0.05, 0) is 6.42 Å². The van der Waals surface area contributed by atoms with Gasteiger partial charge in [0.2, 0.25) is 5.95 Å². The molecule has 15 heavy (non-hydrogen) atoms. The summed E-state index contributed by atoms with van der Waals surface area (Å²) in [5.41, 5.74) is 0. The molecule has 2 heterocycles. The zero-order valence-corrected chi connectivity index (χ0v) is 9.45. The van der Waals surface area contributed by atoms with Crippen molar-refractivity contribution in [1.29, 1.82) is 0 Å². The van der Waals surface area contributed by atoms with Crippen molar-refractivity contribution in [3.05, 3.63) is 12.4 Å². The minimum atomic E-state index is 1.07. The Kier molecular flexibility index (Phi) is 3.61. The van der Waals surface area contributed by atoms with E-state index >= 15 is 0 Å². The van der Waals surface area contributed by atoms with Crippen LogP contribution in [0, 0.1) is 0 Å². The van der Waals surface area contributed by atoms with Crippen LogP contribution in [0.2, 0.25) is 0 Å². The van der Waals surface area contributed by atoms with Crippen molar-refractivity contribution >= 4 is 5.95 Å². The molecule has 0 spiro atoms. The van der Waals surface area contributed by atoms with Gasteiger partial charge in [-0.15, -0.1) is 0 Å². The molecule has 0 unspecified atom stereocenters. The van der Waals surface area contributed by atoms with Gasteiger partial charge < -0.3 is 14.8 Å². The van der Waals surface area contributed by atoms with Crippen LogP contribution < -0.4 is 10.2 Å². The summed E-state index contributed by atoms with van der Waals surface area (Å²) in [6.07, 6.45) is 6.47.